The van der Waals surface area contributed by atoms with Crippen molar-refractivity contribution in [2.75, 3.05) is 0 Å². The number of carboxylic acid groups (broad SMARTS) is 1. The van der Waals surface area contributed by atoms with Crippen LogP contribution in [0.3, 0.4) is 0 Å². The van der Waals surface area contributed by atoms with Gasteiger partial charge < -0.3 is 5.11 Å². The third-order valence-corrected chi connectivity index (χ3v) is 8.82. The van der Waals surface area contributed by atoms with Crippen LogP contribution >= 0.6 is 11.6 Å². The van der Waals surface area contributed by atoms with Crippen molar-refractivity contribution in [1.29, 1.82) is 0 Å². The Kier molecular flexibility index (Phi) is 5.84. The van der Waals surface area contributed by atoms with Crippen LogP contribution in [0.5, 0.6) is 0 Å². The summed E-state index contributed by atoms with van der Waals surface area (Å²) in [6.45, 7) is 7.55. The number of Topliss-reactive ketones (excluding diaryl/α,β-unsaturated/α-hetero) is 1. The highest BCUT2D eigenvalue weighted by Crippen LogP contribution is 2.67. The summed E-state index contributed by atoms with van der Waals surface area (Å²) in [5.74, 6) is 1.71. The maximum atomic E-state index is 12.3. The van der Waals surface area contributed by atoms with Crippen LogP contribution in [0, 0.1) is 34.5 Å². The summed E-state index contributed by atoms with van der Waals surface area (Å²) >= 11 is 6.68. The lowest BCUT2D eigenvalue weighted by molar-refractivity contribution is -0.134. The third-order valence-electron chi connectivity index (χ3n) is 8.39. The summed E-state index contributed by atoms with van der Waals surface area (Å²) in [6.07, 6.45) is 9.22. The molecule has 0 bridgehead atoms. The van der Waals surface area contributed by atoms with E-state index in [1.807, 2.05) is 6.08 Å². The number of fused-ring (bicyclic) bond motifs is 5. The molecule has 1 unspecified atom stereocenters. The zero-order valence-corrected chi connectivity index (χ0v) is 18.2. The number of aliphatic carboxylic acids is 1. The average Bonchev–Trinajstić information content (AvgIpc) is 2.85. The van der Waals surface area contributed by atoms with Crippen LogP contribution in [0.25, 0.3) is 0 Å². The number of alkyl halides is 1. The van der Waals surface area contributed by atoms with Crippen molar-refractivity contribution in [3.8, 4) is 0 Å². The number of carbonyl (C=O) groups excluding carboxylic acids is 2. The molecule has 4 aliphatic rings. The molecule has 1 N–H and O–H groups in total. The van der Waals surface area contributed by atoms with Crippen LogP contribution in [0.4, 0.5) is 0 Å². The van der Waals surface area contributed by atoms with E-state index in [4.69, 9.17) is 21.5 Å². The van der Waals surface area contributed by atoms with Crippen LogP contribution in [0.15, 0.2) is 11.6 Å². The molecular formula is C23H33ClO4. The van der Waals surface area contributed by atoms with Crippen LogP contribution in [-0.2, 0) is 14.4 Å². The normalized spacial score (nSPS) is 44.2. The van der Waals surface area contributed by atoms with Gasteiger partial charge in [0.1, 0.15) is 5.78 Å². The van der Waals surface area contributed by atoms with E-state index in [2.05, 4.69) is 13.8 Å². The van der Waals surface area contributed by atoms with Gasteiger partial charge in [-0.15, -0.1) is 11.6 Å². The van der Waals surface area contributed by atoms with Gasteiger partial charge in [0.25, 0.3) is 5.97 Å². The molecule has 0 aromatic rings. The fourth-order valence-electron chi connectivity index (χ4n) is 7.25. The number of carboxylic acids is 1. The summed E-state index contributed by atoms with van der Waals surface area (Å²) in [4.78, 5) is 33.2. The Labute approximate surface area is 173 Å². The fraction of sp³-hybridized carbons (Fsp3) is 0.783. The summed E-state index contributed by atoms with van der Waals surface area (Å²) < 4.78 is 0. The Balaban J connectivity index is 0.000000516. The van der Waals surface area contributed by atoms with Crippen molar-refractivity contribution in [3.05, 3.63) is 11.6 Å². The standard InChI is InChI=1S/C21H29ClO2.C2H4O2/c1-12(23)19-18(22)11-17-15-5-4-13-10-14(24)6-8-20(13,2)16(15)7-9-21(17,19)3;1-2(3)4/h10,15-19H,4-9,11H2,1-3H3;1H3,(H,3,4)/t15-,16+,17+,18?,19+,20+,21+;/m1./s1. The first kappa shape index (κ1) is 21.5. The zero-order valence-electron chi connectivity index (χ0n) is 17.5. The van der Waals surface area contributed by atoms with Gasteiger partial charge in [0.15, 0.2) is 5.78 Å². The van der Waals surface area contributed by atoms with Crippen molar-refractivity contribution < 1.29 is 19.5 Å². The second kappa shape index (κ2) is 7.59. The number of hydrogen-bond acceptors (Lipinski definition) is 3. The maximum absolute atomic E-state index is 12.3. The van der Waals surface area contributed by atoms with Crippen molar-refractivity contribution in [2.24, 2.45) is 34.5 Å². The van der Waals surface area contributed by atoms with Gasteiger partial charge in [0.05, 0.1) is 0 Å². The minimum Gasteiger partial charge on any atom is -0.481 e. The minimum absolute atomic E-state index is 0.00827. The van der Waals surface area contributed by atoms with Gasteiger partial charge >= 0.3 is 0 Å². The molecule has 0 heterocycles. The molecule has 7 atom stereocenters. The summed E-state index contributed by atoms with van der Waals surface area (Å²) in [5.41, 5.74) is 1.70. The molecule has 5 heteroatoms. The van der Waals surface area contributed by atoms with Gasteiger partial charge in [-0.3, -0.25) is 14.4 Å². The number of ketones is 2. The average molecular weight is 409 g/mol. The smallest absolute Gasteiger partial charge is 0.300 e. The molecule has 3 saturated carbocycles. The van der Waals surface area contributed by atoms with Crippen LogP contribution in [0.2, 0.25) is 0 Å². The Morgan fingerprint density at radius 2 is 1.75 bits per heavy atom. The Bertz CT molecular complexity index is 709. The van der Waals surface area contributed by atoms with Crippen molar-refractivity contribution in [2.45, 2.75) is 78.0 Å². The zero-order chi connectivity index (χ0) is 20.9. The van der Waals surface area contributed by atoms with E-state index in [1.165, 1.54) is 18.4 Å². The molecular weight excluding hydrogens is 376 g/mol. The van der Waals surface area contributed by atoms with Gasteiger partial charge in [-0.2, -0.15) is 0 Å². The third kappa shape index (κ3) is 3.46. The Hall–Kier alpha value is -1.16. The number of hydrogen-bond donors (Lipinski definition) is 1. The van der Waals surface area contributed by atoms with E-state index < -0.39 is 5.97 Å². The molecule has 28 heavy (non-hydrogen) atoms. The molecule has 3 fully saturated rings. The monoisotopic (exact) mass is 408 g/mol. The molecule has 4 aliphatic carbocycles. The first-order valence-electron chi connectivity index (χ1n) is 10.6. The molecule has 4 rings (SSSR count). The molecule has 0 radical (unpaired) electrons. The van der Waals surface area contributed by atoms with Crippen LogP contribution in [0.1, 0.15) is 72.6 Å². The highest BCUT2D eigenvalue weighted by atomic mass is 35.5. The molecule has 0 aromatic heterocycles. The highest BCUT2D eigenvalue weighted by Gasteiger charge is 2.62. The molecule has 0 spiro atoms. The lowest BCUT2D eigenvalue weighted by atomic mass is 9.46. The van der Waals surface area contributed by atoms with E-state index in [0.29, 0.717) is 30.0 Å². The molecule has 4 nitrogen and oxygen atoms in total. The van der Waals surface area contributed by atoms with Gasteiger partial charge in [-0.1, -0.05) is 19.4 Å². The number of carbonyl (C=O) groups is 3. The summed E-state index contributed by atoms with van der Waals surface area (Å²) in [5, 5.41) is 7.42. The number of allylic oxidation sites excluding steroid dienone is 1. The predicted molar refractivity (Wildman–Crippen MR) is 109 cm³/mol. The largest absolute Gasteiger partial charge is 0.481 e. The Morgan fingerprint density at radius 3 is 2.36 bits per heavy atom. The molecule has 0 amide bonds. The van der Waals surface area contributed by atoms with Gasteiger partial charge in [0, 0.05) is 24.6 Å². The van der Waals surface area contributed by atoms with Crippen molar-refractivity contribution in [1.82, 2.24) is 0 Å². The Morgan fingerprint density at radius 1 is 1.11 bits per heavy atom. The first-order valence-corrected chi connectivity index (χ1v) is 11.0. The quantitative estimate of drug-likeness (QED) is 0.617. The van der Waals surface area contributed by atoms with Gasteiger partial charge in [-0.05, 0) is 80.1 Å². The maximum Gasteiger partial charge on any atom is 0.300 e. The van der Waals surface area contributed by atoms with Crippen LogP contribution in [-0.4, -0.2) is 28.0 Å². The van der Waals surface area contributed by atoms with E-state index in [9.17, 15) is 9.59 Å². The van der Waals surface area contributed by atoms with E-state index in [1.54, 1.807) is 6.92 Å². The summed E-state index contributed by atoms with van der Waals surface area (Å²) in [6, 6.07) is 0. The number of rotatable bonds is 1. The summed E-state index contributed by atoms with van der Waals surface area (Å²) in [7, 11) is 0. The first-order chi connectivity index (χ1) is 13.0. The van der Waals surface area contributed by atoms with Crippen LogP contribution < -0.4 is 0 Å². The fourth-order valence-corrected chi connectivity index (χ4v) is 7.91. The predicted octanol–water partition coefficient (Wildman–Crippen LogP) is 5.03. The number of halogens is 1. The van der Waals surface area contributed by atoms with E-state index in [0.717, 1.165) is 32.6 Å². The topological polar surface area (TPSA) is 71.4 Å². The molecule has 0 aromatic carbocycles. The van der Waals surface area contributed by atoms with Gasteiger partial charge in [0.2, 0.25) is 0 Å². The lowest BCUT2D eigenvalue weighted by Crippen LogP contribution is -2.51. The molecule has 156 valence electrons. The second-order valence-electron chi connectivity index (χ2n) is 9.87. The minimum atomic E-state index is -0.833. The van der Waals surface area contributed by atoms with E-state index >= 15 is 0 Å². The van der Waals surface area contributed by atoms with Crippen molar-refractivity contribution in [3.63, 3.8) is 0 Å². The lowest BCUT2D eigenvalue weighted by Gasteiger charge is -2.58. The molecule has 0 saturated heterocycles. The second-order valence-corrected chi connectivity index (χ2v) is 10.4. The molecule has 0 aliphatic heterocycles. The highest BCUT2D eigenvalue weighted by molar-refractivity contribution is 6.22. The van der Waals surface area contributed by atoms with E-state index in [-0.39, 0.29) is 27.9 Å². The van der Waals surface area contributed by atoms with Crippen molar-refractivity contribution >= 4 is 29.1 Å². The van der Waals surface area contributed by atoms with Gasteiger partial charge in [-0.25, -0.2) is 0 Å². The SMILES string of the molecule is CC(=O)O.CC(=O)[C@H]1C(Cl)C[C@H]2[C@@H]3CCC4=CC(=O)CC[C@]4(C)[C@H]3CC[C@]12C.